The van der Waals surface area contributed by atoms with E-state index >= 15 is 0 Å². The van der Waals surface area contributed by atoms with Crippen LogP contribution in [0.15, 0.2) is 24.3 Å². The minimum absolute atomic E-state index is 0. The fraction of sp³-hybridized carbons (Fsp3) is 0.632. The molecule has 4 nitrogen and oxygen atoms in total. The second-order valence-corrected chi connectivity index (χ2v) is 7.74. The van der Waals surface area contributed by atoms with Gasteiger partial charge in [-0.05, 0) is 29.4 Å². The molecule has 24 heavy (non-hydrogen) atoms. The highest BCUT2D eigenvalue weighted by Gasteiger charge is 2.39. The summed E-state index contributed by atoms with van der Waals surface area (Å²) in [4.78, 5) is 12.0. The molecule has 1 atom stereocenters. The molecule has 1 aromatic rings. The molecule has 3 N–H and O–H groups in total. The van der Waals surface area contributed by atoms with E-state index in [4.69, 9.17) is 10.5 Å². The normalized spacial score (nSPS) is 17.4. The molecule has 0 radical (unpaired) electrons. The second kappa shape index (κ2) is 8.32. The molecule has 0 spiro atoms. The van der Waals surface area contributed by atoms with Crippen LogP contribution in [0.4, 0.5) is 0 Å². The Labute approximate surface area is 151 Å². The molecule has 2 rings (SSSR count). The predicted molar refractivity (Wildman–Crippen MR) is 101 cm³/mol. The zero-order valence-corrected chi connectivity index (χ0v) is 16.0. The highest BCUT2D eigenvalue weighted by Crippen LogP contribution is 2.43. The molecule has 1 fully saturated rings. The fourth-order valence-corrected chi connectivity index (χ4v) is 3.14. The number of carbonyl (C=O) groups is 1. The van der Waals surface area contributed by atoms with Gasteiger partial charge in [-0.1, -0.05) is 51.5 Å². The molecular weight excluding hydrogens is 324 g/mol. The summed E-state index contributed by atoms with van der Waals surface area (Å²) in [5.74, 6) is -0.135. The van der Waals surface area contributed by atoms with E-state index in [9.17, 15) is 4.79 Å². The Morgan fingerprint density at radius 3 is 2.29 bits per heavy atom. The Morgan fingerprint density at radius 1 is 1.29 bits per heavy atom. The van der Waals surface area contributed by atoms with Crippen LogP contribution in [0.5, 0.6) is 0 Å². The lowest BCUT2D eigenvalue weighted by atomic mass is 9.64. The largest absolute Gasteiger partial charge is 0.383 e. The van der Waals surface area contributed by atoms with Gasteiger partial charge in [-0.25, -0.2) is 0 Å². The van der Waals surface area contributed by atoms with Crippen molar-refractivity contribution in [2.24, 2.45) is 5.73 Å². The van der Waals surface area contributed by atoms with Gasteiger partial charge in [0.05, 0.1) is 6.61 Å². The van der Waals surface area contributed by atoms with Gasteiger partial charge < -0.3 is 15.8 Å². The number of halogens is 1. The van der Waals surface area contributed by atoms with Crippen LogP contribution in [-0.4, -0.2) is 32.2 Å². The number of benzene rings is 1. The number of amides is 1. The summed E-state index contributed by atoms with van der Waals surface area (Å²) in [6.45, 7) is 7.56. The zero-order valence-electron chi connectivity index (χ0n) is 15.2. The number of nitrogens with two attached hydrogens (primary N) is 1. The Kier molecular flexibility index (Phi) is 7.26. The van der Waals surface area contributed by atoms with E-state index in [1.807, 2.05) is 0 Å². The van der Waals surface area contributed by atoms with E-state index in [2.05, 4.69) is 50.4 Å². The smallest absolute Gasteiger partial charge is 0.239 e. The molecule has 5 heteroatoms. The van der Waals surface area contributed by atoms with Gasteiger partial charge in [-0.15, -0.1) is 12.4 Å². The third kappa shape index (κ3) is 4.71. The number of nitrogens with one attached hydrogen (secondary N) is 1. The van der Waals surface area contributed by atoms with Crippen molar-refractivity contribution in [3.8, 4) is 0 Å². The van der Waals surface area contributed by atoms with Gasteiger partial charge in [0, 0.05) is 19.1 Å². The molecule has 1 amide bonds. The Hall–Kier alpha value is -1.10. The molecule has 0 aliphatic heterocycles. The Morgan fingerprint density at radius 2 is 1.88 bits per heavy atom. The minimum atomic E-state index is -0.597. The predicted octanol–water partition coefficient (Wildman–Crippen LogP) is 2.92. The zero-order chi connectivity index (χ0) is 17.1. The average molecular weight is 355 g/mol. The summed E-state index contributed by atoms with van der Waals surface area (Å²) >= 11 is 0. The first kappa shape index (κ1) is 20.9. The lowest BCUT2D eigenvalue weighted by molar-refractivity contribution is -0.123. The highest BCUT2D eigenvalue weighted by atomic mass is 35.5. The molecule has 0 bridgehead atoms. The standard InChI is InChI=1S/C19H30N2O2.ClH/c1-18(2,3)14-6-8-15(9-7-14)19(10-5-11-19)13-21-17(22)16(20)12-23-4;/h6-9,16H,5,10-13,20H2,1-4H3,(H,21,22);1H. The van der Waals surface area contributed by atoms with Crippen LogP contribution in [0.25, 0.3) is 0 Å². The lowest BCUT2D eigenvalue weighted by Crippen LogP contribution is -2.50. The van der Waals surface area contributed by atoms with Crippen LogP contribution in [0.3, 0.4) is 0 Å². The van der Waals surface area contributed by atoms with Gasteiger partial charge in [0.2, 0.25) is 5.91 Å². The van der Waals surface area contributed by atoms with Crippen molar-refractivity contribution >= 4 is 18.3 Å². The molecule has 1 aliphatic rings. The van der Waals surface area contributed by atoms with Crippen LogP contribution in [0.1, 0.15) is 51.2 Å². The molecule has 1 unspecified atom stereocenters. The summed E-state index contributed by atoms with van der Waals surface area (Å²) in [6, 6.07) is 8.28. The van der Waals surface area contributed by atoms with Gasteiger partial charge in [-0.2, -0.15) is 0 Å². The van der Waals surface area contributed by atoms with E-state index in [0.717, 1.165) is 12.8 Å². The molecule has 0 saturated heterocycles. The number of carbonyl (C=O) groups excluding carboxylic acids is 1. The minimum Gasteiger partial charge on any atom is -0.383 e. The molecule has 1 aromatic carbocycles. The van der Waals surface area contributed by atoms with E-state index in [1.54, 1.807) is 7.11 Å². The second-order valence-electron chi connectivity index (χ2n) is 7.74. The van der Waals surface area contributed by atoms with Gasteiger partial charge in [0.1, 0.15) is 6.04 Å². The maximum atomic E-state index is 12.0. The van der Waals surface area contributed by atoms with Crippen molar-refractivity contribution in [3.05, 3.63) is 35.4 Å². The monoisotopic (exact) mass is 354 g/mol. The van der Waals surface area contributed by atoms with Gasteiger partial charge in [0.25, 0.3) is 0 Å². The number of hydrogen-bond donors (Lipinski definition) is 2. The Balaban J connectivity index is 0.00000288. The maximum Gasteiger partial charge on any atom is 0.239 e. The lowest BCUT2D eigenvalue weighted by Gasteiger charge is -2.43. The van der Waals surface area contributed by atoms with Crippen molar-refractivity contribution in [1.29, 1.82) is 0 Å². The quantitative estimate of drug-likeness (QED) is 0.825. The third-order valence-corrected chi connectivity index (χ3v) is 4.96. The first-order valence-electron chi connectivity index (χ1n) is 8.42. The SMILES string of the molecule is COCC(N)C(=O)NCC1(c2ccc(C(C)(C)C)cc2)CCC1.Cl. The average Bonchev–Trinajstić information content (AvgIpc) is 2.45. The van der Waals surface area contributed by atoms with Gasteiger partial charge in [-0.3, -0.25) is 4.79 Å². The van der Waals surface area contributed by atoms with E-state index in [-0.39, 0.29) is 35.8 Å². The van der Waals surface area contributed by atoms with Crippen molar-refractivity contribution in [1.82, 2.24) is 5.32 Å². The van der Waals surface area contributed by atoms with E-state index in [0.29, 0.717) is 6.54 Å². The topological polar surface area (TPSA) is 64.3 Å². The third-order valence-electron chi connectivity index (χ3n) is 4.96. The number of ether oxygens (including phenoxy) is 1. The van der Waals surface area contributed by atoms with Crippen molar-refractivity contribution in [2.45, 2.75) is 56.9 Å². The highest BCUT2D eigenvalue weighted by molar-refractivity contribution is 5.85. The van der Waals surface area contributed by atoms with Crippen molar-refractivity contribution < 1.29 is 9.53 Å². The van der Waals surface area contributed by atoms with Crippen LogP contribution >= 0.6 is 12.4 Å². The van der Waals surface area contributed by atoms with E-state index in [1.165, 1.54) is 17.5 Å². The summed E-state index contributed by atoms with van der Waals surface area (Å²) in [6.07, 6.45) is 3.43. The molecular formula is C19H31ClN2O2. The van der Waals surface area contributed by atoms with Crippen LogP contribution < -0.4 is 11.1 Å². The number of rotatable bonds is 6. The molecule has 0 aromatic heterocycles. The fourth-order valence-electron chi connectivity index (χ4n) is 3.14. The first-order chi connectivity index (χ1) is 10.8. The Bertz CT molecular complexity index is 533. The molecule has 136 valence electrons. The molecule has 0 heterocycles. The molecule has 1 aliphatic carbocycles. The van der Waals surface area contributed by atoms with Crippen LogP contribution in [0, 0.1) is 0 Å². The van der Waals surface area contributed by atoms with Gasteiger partial charge in [0.15, 0.2) is 0 Å². The van der Waals surface area contributed by atoms with Gasteiger partial charge >= 0.3 is 0 Å². The summed E-state index contributed by atoms with van der Waals surface area (Å²) in [5, 5.41) is 3.01. The van der Waals surface area contributed by atoms with Crippen molar-refractivity contribution in [2.75, 3.05) is 20.3 Å². The van der Waals surface area contributed by atoms with Crippen molar-refractivity contribution in [3.63, 3.8) is 0 Å². The van der Waals surface area contributed by atoms with Crippen LogP contribution in [0.2, 0.25) is 0 Å². The van der Waals surface area contributed by atoms with E-state index < -0.39 is 6.04 Å². The summed E-state index contributed by atoms with van der Waals surface area (Å²) in [5.41, 5.74) is 8.67. The molecule has 1 saturated carbocycles. The number of methoxy groups -OCH3 is 1. The summed E-state index contributed by atoms with van der Waals surface area (Å²) < 4.78 is 4.94. The maximum absolute atomic E-state index is 12.0. The first-order valence-corrected chi connectivity index (χ1v) is 8.42. The summed E-state index contributed by atoms with van der Waals surface area (Å²) in [7, 11) is 1.55. The van der Waals surface area contributed by atoms with Crippen LogP contribution in [-0.2, 0) is 20.4 Å². The number of hydrogen-bond acceptors (Lipinski definition) is 3.